The number of urea groups is 1. The maximum Gasteiger partial charge on any atom is 0.317 e. The highest BCUT2D eigenvalue weighted by atomic mass is 16.5. The number of piperidine rings is 1. The standard InChI is InChI=1S/C15H22N4O3/c1-3-22-14(20)12-5-8-19(9-6-12)15(21)17-10-13-4-7-16-11(2)18-13/h4,7,12H,3,5-6,8-10H2,1-2H3,(H,17,21). The van der Waals surface area contributed by atoms with Crippen molar-refractivity contribution in [2.45, 2.75) is 33.2 Å². The van der Waals surface area contributed by atoms with Crippen molar-refractivity contribution < 1.29 is 14.3 Å². The third-order valence-electron chi connectivity index (χ3n) is 3.66. The van der Waals surface area contributed by atoms with Crippen molar-refractivity contribution in [3.05, 3.63) is 23.8 Å². The fourth-order valence-corrected chi connectivity index (χ4v) is 2.46. The van der Waals surface area contributed by atoms with Gasteiger partial charge in [0, 0.05) is 19.3 Å². The van der Waals surface area contributed by atoms with Crippen LogP contribution in [0.5, 0.6) is 0 Å². The highest BCUT2D eigenvalue weighted by Gasteiger charge is 2.28. The predicted molar refractivity (Wildman–Crippen MR) is 79.9 cm³/mol. The number of carbonyl (C=O) groups excluding carboxylic acids is 2. The molecule has 0 aliphatic carbocycles. The third kappa shape index (κ3) is 4.41. The summed E-state index contributed by atoms with van der Waals surface area (Å²) in [6.07, 6.45) is 2.98. The van der Waals surface area contributed by atoms with E-state index in [4.69, 9.17) is 4.74 Å². The second-order valence-electron chi connectivity index (χ2n) is 5.27. The van der Waals surface area contributed by atoms with E-state index in [0.29, 0.717) is 44.9 Å². The van der Waals surface area contributed by atoms with Crippen LogP contribution in [0.25, 0.3) is 0 Å². The zero-order chi connectivity index (χ0) is 15.9. The van der Waals surface area contributed by atoms with Gasteiger partial charge in [0.25, 0.3) is 0 Å². The van der Waals surface area contributed by atoms with Crippen LogP contribution in [-0.4, -0.2) is 46.6 Å². The summed E-state index contributed by atoms with van der Waals surface area (Å²) in [5.41, 5.74) is 0.780. The Morgan fingerprint density at radius 3 is 2.77 bits per heavy atom. The van der Waals surface area contributed by atoms with Crippen LogP contribution in [0.1, 0.15) is 31.3 Å². The van der Waals surface area contributed by atoms with Crippen LogP contribution in [0.15, 0.2) is 12.3 Å². The van der Waals surface area contributed by atoms with Crippen molar-refractivity contribution in [2.75, 3.05) is 19.7 Å². The maximum absolute atomic E-state index is 12.1. The van der Waals surface area contributed by atoms with Gasteiger partial charge < -0.3 is 15.0 Å². The minimum absolute atomic E-state index is 0.0893. The number of hydrogen-bond donors (Lipinski definition) is 1. The van der Waals surface area contributed by atoms with E-state index in [1.165, 1.54) is 0 Å². The zero-order valence-electron chi connectivity index (χ0n) is 13.0. The van der Waals surface area contributed by atoms with Gasteiger partial charge in [-0.05, 0) is 32.8 Å². The first kappa shape index (κ1) is 16.2. The van der Waals surface area contributed by atoms with Gasteiger partial charge in [-0.3, -0.25) is 4.79 Å². The molecule has 7 heteroatoms. The summed E-state index contributed by atoms with van der Waals surface area (Å²) >= 11 is 0. The van der Waals surface area contributed by atoms with Gasteiger partial charge in [-0.1, -0.05) is 0 Å². The molecule has 7 nitrogen and oxygen atoms in total. The molecule has 1 aromatic rings. The van der Waals surface area contributed by atoms with Gasteiger partial charge in [-0.2, -0.15) is 0 Å². The van der Waals surface area contributed by atoms with Crippen molar-refractivity contribution >= 4 is 12.0 Å². The van der Waals surface area contributed by atoms with E-state index in [9.17, 15) is 9.59 Å². The summed E-state index contributed by atoms with van der Waals surface area (Å²) in [4.78, 5) is 33.8. The van der Waals surface area contributed by atoms with Crippen LogP contribution in [0.4, 0.5) is 4.79 Å². The van der Waals surface area contributed by atoms with Crippen molar-refractivity contribution in [3.63, 3.8) is 0 Å². The van der Waals surface area contributed by atoms with Crippen LogP contribution in [0, 0.1) is 12.8 Å². The van der Waals surface area contributed by atoms with Crippen LogP contribution in [0.3, 0.4) is 0 Å². The number of esters is 1. The lowest BCUT2D eigenvalue weighted by atomic mass is 9.97. The van der Waals surface area contributed by atoms with Gasteiger partial charge in [-0.25, -0.2) is 14.8 Å². The SMILES string of the molecule is CCOC(=O)C1CCN(C(=O)NCc2ccnc(C)n2)CC1. The number of amides is 2. The van der Waals surface area contributed by atoms with E-state index >= 15 is 0 Å². The molecule has 2 heterocycles. The average Bonchev–Trinajstić information content (AvgIpc) is 2.53. The Morgan fingerprint density at radius 2 is 2.14 bits per heavy atom. The highest BCUT2D eigenvalue weighted by Crippen LogP contribution is 2.18. The number of hydrogen-bond acceptors (Lipinski definition) is 5. The maximum atomic E-state index is 12.1. The summed E-state index contributed by atoms with van der Waals surface area (Å²) in [5.74, 6) is 0.439. The third-order valence-corrected chi connectivity index (χ3v) is 3.66. The first-order valence-electron chi connectivity index (χ1n) is 7.58. The number of aryl methyl sites for hydroxylation is 1. The molecule has 2 rings (SSSR count). The van der Waals surface area contributed by atoms with E-state index < -0.39 is 0 Å². The second kappa shape index (κ2) is 7.72. The molecule has 22 heavy (non-hydrogen) atoms. The van der Waals surface area contributed by atoms with E-state index in [0.717, 1.165) is 5.69 Å². The number of likely N-dealkylation sites (tertiary alicyclic amines) is 1. The van der Waals surface area contributed by atoms with Crippen LogP contribution >= 0.6 is 0 Å². The van der Waals surface area contributed by atoms with Gasteiger partial charge in [0.1, 0.15) is 5.82 Å². The number of nitrogens with zero attached hydrogens (tertiary/aromatic N) is 3. The van der Waals surface area contributed by atoms with Gasteiger partial charge in [0.05, 0.1) is 24.8 Å². The fourth-order valence-electron chi connectivity index (χ4n) is 2.46. The normalized spacial score (nSPS) is 15.5. The Balaban J connectivity index is 1.76. The Bertz CT molecular complexity index is 527. The number of ether oxygens (including phenoxy) is 1. The Kier molecular flexibility index (Phi) is 5.68. The largest absolute Gasteiger partial charge is 0.466 e. The van der Waals surface area contributed by atoms with Gasteiger partial charge >= 0.3 is 12.0 Å². The van der Waals surface area contributed by atoms with Gasteiger partial charge in [-0.15, -0.1) is 0 Å². The minimum Gasteiger partial charge on any atom is -0.466 e. The molecule has 2 amide bonds. The second-order valence-corrected chi connectivity index (χ2v) is 5.27. The Labute approximate surface area is 130 Å². The molecule has 0 saturated carbocycles. The lowest BCUT2D eigenvalue weighted by molar-refractivity contribution is -0.149. The summed E-state index contributed by atoms with van der Waals surface area (Å²) in [6.45, 7) is 5.52. The topological polar surface area (TPSA) is 84.4 Å². The minimum atomic E-state index is -0.154. The summed E-state index contributed by atoms with van der Waals surface area (Å²) in [6, 6.07) is 1.65. The lowest BCUT2D eigenvalue weighted by Crippen LogP contribution is -2.45. The van der Waals surface area contributed by atoms with Crippen molar-refractivity contribution in [2.24, 2.45) is 5.92 Å². The molecule has 1 aliphatic rings. The molecule has 1 aliphatic heterocycles. The van der Waals surface area contributed by atoms with Crippen LogP contribution < -0.4 is 5.32 Å². The van der Waals surface area contributed by atoms with Crippen LogP contribution in [-0.2, 0) is 16.1 Å². The van der Waals surface area contributed by atoms with Crippen LogP contribution in [0.2, 0.25) is 0 Å². The molecule has 0 aromatic carbocycles. The molecule has 0 atom stereocenters. The first-order valence-corrected chi connectivity index (χ1v) is 7.58. The molecule has 0 unspecified atom stereocenters. The highest BCUT2D eigenvalue weighted by molar-refractivity contribution is 5.76. The van der Waals surface area contributed by atoms with E-state index in [-0.39, 0.29) is 17.9 Å². The number of rotatable bonds is 4. The van der Waals surface area contributed by atoms with Gasteiger partial charge in [0.2, 0.25) is 0 Å². The van der Waals surface area contributed by atoms with E-state index in [1.807, 2.05) is 6.92 Å². The molecule has 1 fully saturated rings. The molecule has 0 radical (unpaired) electrons. The number of nitrogens with one attached hydrogen (secondary N) is 1. The molecule has 0 bridgehead atoms. The summed E-state index contributed by atoms with van der Waals surface area (Å²) in [7, 11) is 0. The Morgan fingerprint density at radius 1 is 1.41 bits per heavy atom. The predicted octanol–water partition coefficient (Wildman–Crippen LogP) is 1.27. The number of carbonyl (C=O) groups is 2. The molecular weight excluding hydrogens is 284 g/mol. The van der Waals surface area contributed by atoms with E-state index in [2.05, 4.69) is 15.3 Å². The van der Waals surface area contributed by atoms with Crippen molar-refractivity contribution in [1.82, 2.24) is 20.2 Å². The molecule has 1 saturated heterocycles. The smallest absolute Gasteiger partial charge is 0.317 e. The zero-order valence-corrected chi connectivity index (χ0v) is 13.0. The number of aromatic nitrogens is 2. The molecule has 120 valence electrons. The first-order chi connectivity index (χ1) is 10.6. The molecule has 1 aromatic heterocycles. The van der Waals surface area contributed by atoms with E-state index in [1.54, 1.807) is 24.1 Å². The fraction of sp³-hybridized carbons (Fsp3) is 0.600. The monoisotopic (exact) mass is 306 g/mol. The van der Waals surface area contributed by atoms with Crippen molar-refractivity contribution in [3.8, 4) is 0 Å². The lowest BCUT2D eigenvalue weighted by Gasteiger charge is -2.30. The van der Waals surface area contributed by atoms with Crippen molar-refractivity contribution in [1.29, 1.82) is 0 Å². The summed E-state index contributed by atoms with van der Waals surface area (Å²) < 4.78 is 5.02. The molecule has 1 N–H and O–H groups in total. The Hall–Kier alpha value is -2.18. The quantitative estimate of drug-likeness (QED) is 0.847. The molecular formula is C15H22N4O3. The molecule has 0 spiro atoms. The summed E-state index contributed by atoms with van der Waals surface area (Å²) in [5, 5.41) is 2.85. The van der Waals surface area contributed by atoms with Gasteiger partial charge in [0.15, 0.2) is 0 Å². The average molecular weight is 306 g/mol.